The first-order valence-electron chi connectivity index (χ1n) is 7.81. The normalized spacial score (nSPS) is 17.3. The van der Waals surface area contributed by atoms with Crippen molar-refractivity contribution >= 4 is 34.6 Å². The fourth-order valence-electron chi connectivity index (χ4n) is 2.35. The molecule has 2 aromatic rings. The number of amidine groups is 1. The quantitative estimate of drug-likeness (QED) is 0.589. The maximum absolute atomic E-state index is 12.7. The summed E-state index contributed by atoms with van der Waals surface area (Å²) in [5.41, 5.74) is 1.76. The van der Waals surface area contributed by atoms with Crippen molar-refractivity contribution in [3.05, 3.63) is 77.7 Å². The molecule has 1 saturated heterocycles. The van der Waals surface area contributed by atoms with Crippen LogP contribution < -0.4 is 4.74 Å². The van der Waals surface area contributed by atoms with Crippen molar-refractivity contribution < 1.29 is 9.53 Å². The Bertz CT molecular complexity index is 827. The first kappa shape index (κ1) is 17.0. The Kier molecular flexibility index (Phi) is 5.36. The first-order chi connectivity index (χ1) is 12.2. The molecular weight excluding hydrogens is 332 g/mol. The number of benzene rings is 2. The zero-order valence-corrected chi connectivity index (χ0v) is 14.7. The minimum atomic E-state index is -0.0598. The molecule has 5 heteroatoms. The Morgan fingerprint density at radius 3 is 2.52 bits per heavy atom. The standard InChI is InChI=1S/C20H18N2O2S/c1-3-13-22-19(23)18(14-15-9-11-17(24-2)12-10-15)25-20(22)21-16-7-5-4-6-8-16/h3-12,14H,1,13H2,2H3. The fraction of sp³-hybridized carbons (Fsp3) is 0.100. The van der Waals surface area contributed by atoms with Crippen LogP contribution in [0.25, 0.3) is 6.08 Å². The molecule has 1 heterocycles. The number of thioether (sulfide) groups is 1. The van der Waals surface area contributed by atoms with Crippen molar-refractivity contribution in [2.24, 2.45) is 4.99 Å². The van der Waals surface area contributed by atoms with Crippen LogP contribution in [0.2, 0.25) is 0 Å². The Labute approximate surface area is 151 Å². The van der Waals surface area contributed by atoms with Gasteiger partial charge >= 0.3 is 0 Å². The predicted octanol–water partition coefficient (Wildman–Crippen LogP) is 4.49. The molecule has 0 saturated carbocycles. The van der Waals surface area contributed by atoms with Gasteiger partial charge in [0.2, 0.25) is 0 Å². The van der Waals surface area contributed by atoms with Crippen molar-refractivity contribution in [1.82, 2.24) is 4.90 Å². The second kappa shape index (κ2) is 7.85. The lowest BCUT2D eigenvalue weighted by molar-refractivity contribution is -0.121. The number of carbonyl (C=O) groups excluding carboxylic acids is 1. The van der Waals surface area contributed by atoms with E-state index in [1.54, 1.807) is 18.1 Å². The number of nitrogens with zero attached hydrogens (tertiary/aromatic N) is 2. The number of para-hydroxylation sites is 1. The molecule has 0 unspecified atom stereocenters. The van der Waals surface area contributed by atoms with E-state index in [0.29, 0.717) is 16.6 Å². The topological polar surface area (TPSA) is 41.9 Å². The summed E-state index contributed by atoms with van der Waals surface area (Å²) in [4.78, 5) is 19.6. The third-order valence-corrected chi connectivity index (χ3v) is 4.60. The molecule has 1 aliphatic rings. The largest absolute Gasteiger partial charge is 0.497 e. The minimum absolute atomic E-state index is 0.0598. The van der Waals surface area contributed by atoms with Crippen LogP contribution in [-0.2, 0) is 4.79 Å². The van der Waals surface area contributed by atoms with Gasteiger partial charge in [-0.3, -0.25) is 9.69 Å². The highest BCUT2D eigenvalue weighted by Crippen LogP contribution is 2.34. The first-order valence-corrected chi connectivity index (χ1v) is 8.63. The van der Waals surface area contributed by atoms with Crippen molar-refractivity contribution in [2.45, 2.75) is 0 Å². The second-order valence-electron chi connectivity index (χ2n) is 5.32. The van der Waals surface area contributed by atoms with Crippen molar-refractivity contribution in [3.8, 4) is 5.75 Å². The monoisotopic (exact) mass is 350 g/mol. The number of ether oxygens (including phenoxy) is 1. The van der Waals surface area contributed by atoms with Gasteiger partial charge in [0.05, 0.1) is 17.7 Å². The molecule has 0 aliphatic carbocycles. The van der Waals surface area contributed by atoms with E-state index in [2.05, 4.69) is 11.6 Å². The number of rotatable bonds is 5. The molecule has 3 rings (SSSR count). The van der Waals surface area contributed by atoms with E-state index in [9.17, 15) is 4.79 Å². The van der Waals surface area contributed by atoms with Gasteiger partial charge in [-0.2, -0.15) is 0 Å². The molecule has 1 amide bonds. The van der Waals surface area contributed by atoms with Gasteiger partial charge < -0.3 is 4.74 Å². The van der Waals surface area contributed by atoms with Crippen LogP contribution in [0.15, 0.2) is 77.1 Å². The number of aliphatic imine (C=N–C) groups is 1. The van der Waals surface area contributed by atoms with Crippen LogP contribution in [0.1, 0.15) is 5.56 Å². The third kappa shape index (κ3) is 4.00. The van der Waals surface area contributed by atoms with Gasteiger partial charge in [-0.15, -0.1) is 6.58 Å². The zero-order valence-electron chi connectivity index (χ0n) is 13.9. The number of hydrogen-bond donors (Lipinski definition) is 0. The molecule has 25 heavy (non-hydrogen) atoms. The summed E-state index contributed by atoms with van der Waals surface area (Å²) in [7, 11) is 1.63. The summed E-state index contributed by atoms with van der Waals surface area (Å²) in [6.07, 6.45) is 3.57. The van der Waals surface area contributed by atoms with E-state index in [4.69, 9.17) is 4.74 Å². The molecule has 0 N–H and O–H groups in total. The number of carbonyl (C=O) groups is 1. The van der Waals surface area contributed by atoms with Crippen LogP contribution in [0, 0.1) is 0 Å². The van der Waals surface area contributed by atoms with Gasteiger partial charge in [-0.1, -0.05) is 36.4 Å². The molecule has 1 fully saturated rings. The lowest BCUT2D eigenvalue weighted by atomic mass is 10.2. The van der Waals surface area contributed by atoms with Crippen LogP contribution >= 0.6 is 11.8 Å². The smallest absolute Gasteiger partial charge is 0.267 e. The second-order valence-corrected chi connectivity index (χ2v) is 6.33. The molecule has 4 nitrogen and oxygen atoms in total. The number of hydrogen-bond acceptors (Lipinski definition) is 4. The van der Waals surface area contributed by atoms with Gasteiger partial charge in [0.15, 0.2) is 5.17 Å². The highest BCUT2D eigenvalue weighted by molar-refractivity contribution is 8.18. The van der Waals surface area contributed by atoms with Crippen LogP contribution in [0.5, 0.6) is 5.75 Å². The van der Waals surface area contributed by atoms with Crippen molar-refractivity contribution in [1.29, 1.82) is 0 Å². The van der Waals surface area contributed by atoms with Crippen LogP contribution in [-0.4, -0.2) is 29.6 Å². The zero-order chi connectivity index (χ0) is 17.6. The van der Waals surface area contributed by atoms with Crippen molar-refractivity contribution in [3.63, 3.8) is 0 Å². The minimum Gasteiger partial charge on any atom is -0.497 e. The van der Waals surface area contributed by atoms with E-state index >= 15 is 0 Å². The fourth-order valence-corrected chi connectivity index (χ4v) is 3.35. The summed E-state index contributed by atoms with van der Waals surface area (Å²) in [5, 5.41) is 0.663. The summed E-state index contributed by atoms with van der Waals surface area (Å²) in [6.45, 7) is 4.16. The average molecular weight is 350 g/mol. The van der Waals surface area contributed by atoms with Gasteiger partial charge in [-0.25, -0.2) is 4.99 Å². The Hall–Kier alpha value is -2.79. The SMILES string of the molecule is C=CCN1C(=O)C(=Cc2ccc(OC)cc2)SC1=Nc1ccccc1. The maximum atomic E-state index is 12.7. The summed E-state index contributed by atoms with van der Waals surface area (Å²) in [5.74, 6) is 0.725. The molecule has 0 aromatic heterocycles. The predicted molar refractivity (Wildman–Crippen MR) is 104 cm³/mol. The summed E-state index contributed by atoms with van der Waals surface area (Å²) >= 11 is 1.37. The van der Waals surface area contributed by atoms with E-state index in [-0.39, 0.29) is 5.91 Å². The Balaban J connectivity index is 1.91. The molecule has 126 valence electrons. The lowest BCUT2D eigenvalue weighted by Crippen LogP contribution is -2.29. The van der Waals surface area contributed by atoms with Gasteiger partial charge in [0.25, 0.3) is 5.91 Å². The van der Waals surface area contributed by atoms with E-state index in [1.807, 2.05) is 60.7 Å². The summed E-state index contributed by atoms with van der Waals surface area (Å²) < 4.78 is 5.16. The molecule has 0 radical (unpaired) electrons. The van der Waals surface area contributed by atoms with Crippen molar-refractivity contribution in [2.75, 3.05) is 13.7 Å². The number of methoxy groups -OCH3 is 1. The third-order valence-electron chi connectivity index (χ3n) is 3.59. The summed E-state index contributed by atoms with van der Waals surface area (Å²) in [6, 6.07) is 17.2. The molecule has 0 bridgehead atoms. The molecule has 1 aliphatic heterocycles. The average Bonchev–Trinajstić information content (AvgIpc) is 2.92. The number of amides is 1. The van der Waals surface area contributed by atoms with Crippen LogP contribution in [0.4, 0.5) is 5.69 Å². The van der Waals surface area contributed by atoms with E-state index in [0.717, 1.165) is 17.0 Å². The highest BCUT2D eigenvalue weighted by Gasteiger charge is 2.32. The Morgan fingerprint density at radius 1 is 1.16 bits per heavy atom. The van der Waals surface area contributed by atoms with Gasteiger partial charge in [0, 0.05) is 6.54 Å². The highest BCUT2D eigenvalue weighted by atomic mass is 32.2. The van der Waals surface area contributed by atoms with Crippen LogP contribution in [0.3, 0.4) is 0 Å². The molecule has 0 spiro atoms. The van der Waals surface area contributed by atoms with E-state index < -0.39 is 0 Å². The van der Waals surface area contributed by atoms with Gasteiger partial charge in [0.1, 0.15) is 5.75 Å². The molecule has 0 atom stereocenters. The molecule has 2 aromatic carbocycles. The van der Waals surface area contributed by atoms with E-state index in [1.165, 1.54) is 11.8 Å². The van der Waals surface area contributed by atoms with Gasteiger partial charge in [-0.05, 0) is 47.7 Å². The Morgan fingerprint density at radius 2 is 1.88 bits per heavy atom. The molecular formula is C20H18N2O2S. The maximum Gasteiger partial charge on any atom is 0.267 e. The lowest BCUT2D eigenvalue weighted by Gasteiger charge is -2.12.